The van der Waals surface area contributed by atoms with Crippen molar-refractivity contribution in [2.24, 2.45) is 9.50 Å². The van der Waals surface area contributed by atoms with Gasteiger partial charge in [-0.25, -0.2) is 14.9 Å². The molecule has 1 unspecified atom stereocenters. The van der Waals surface area contributed by atoms with Crippen LogP contribution in [0, 0.1) is 5.82 Å². The maximum Gasteiger partial charge on any atom is 0.416 e. The fraction of sp³-hybridized carbons (Fsp3) is 0.167. The summed E-state index contributed by atoms with van der Waals surface area (Å²) in [5.74, 6) is -1.29. The van der Waals surface area contributed by atoms with Gasteiger partial charge in [-0.2, -0.15) is 26.7 Å². The second kappa shape index (κ2) is 10.5. The average Bonchev–Trinajstić information content (AvgIpc) is 3.29. The summed E-state index contributed by atoms with van der Waals surface area (Å²) in [6.45, 7) is 0.0547. The molecule has 37 heavy (non-hydrogen) atoms. The summed E-state index contributed by atoms with van der Waals surface area (Å²) >= 11 is 6.00. The Morgan fingerprint density at radius 1 is 1.11 bits per heavy atom. The van der Waals surface area contributed by atoms with Gasteiger partial charge >= 0.3 is 6.18 Å². The second-order valence-electron chi connectivity index (χ2n) is 7.90. The zero-order valence-corrected chi connectivity index (χ0v) is 20.6. The smallest absolute Gasteiger partial charge is 0.277 e. The minimum Gasteiger partial charge on any atom is -0.277 e. The van der Waals surface area contributed by atoms with Crippen molar-refractivity contribution in [2.45, 2.75) is 17.0 Å². The van der Waals surface area contributed by atoms with Crippen LogP contribution in [0.4, 0.5) is 17.6 Å². The predicted octanol–water partition coefficient (Wildman–Crippen LogP) is 5.20. The third-order valence-electron chi connectivity index (χ3n) is 5.43. The van der Waals surface area contributed by atoms with E-state index < -0.39 is 38.4 Å². The molecule has 0 saturated carbocycles. The van der Waals surface area contributed by atoms with Crippen molar-refractivity contribution in [3.63, 3.8) is 0 Å². The number of sulfonamides is 1. The van der Waals surface area contributed by atoms with Crippen LogP contribution in [0.3, 0.4) is 0 Å². The summed E-state index contributed by atoms with van der Waals surface area (Å²) in [5, 5.41) is 6.24. The van der Waals surface area contributed by atoms with Crippen LogP contribution in [0.1, 0.15) is 22.6 Å². The minimum atomic E-state index is -4.62. The Hall–Kier alpha value is -3.48. The maximum atomic E-state index is 14.0. The highest BCUT2D eigenvalue weighted by molar-refractivity contribution is 7.90. The van der Waals surface area contributed by atoms with Crippen LogP contribution in [0.25, 0.3) is 0 Å². The van der Waals surface area contributed by atoms with Gasteiger partial charge in [-0.15, -0.1) is 4.40 Å². The molecule has 1 N–H and O–H groups in total. The summed E-state index contributed by atoms with van der Waals surface area (Å²) in [4.78, 5) is 4.44. The minimum absolute atomic E-state index is 0.0547. The number of benzene rings is 3. The van der Waals surface area contributed by atoms with Gasteiger partial charge < -0.3 is 0 Å². The van der Waals surface area contributed by atoms with Crippen LogP contribution < -0.4 is 5.48 Å². The normalized spacial score (nSPS) is 16.6. The van der Waals surface area contributed by atoms with Crippen molar-refractivity contribution >= 4 is 33.3 Å². The molecule has 1 aliphatic heterocycles. The highest BCUT2D eigenvalue weighted by Gasteiger charge is 2.34. The summed E-state index contributed by atoms with van der Waals surface area (Å²) < 4.78 is 82.2. The first-order valence-electron chi connectivity index (χ1n) is 10.7. The van der Waals surface area contributed by atoms with Crippen LogP contribution in [-0.2, 0) is 21.0 Å². The maximum absolute atomic E-state index is 14.0. The highest BCUT2D eigenvalue weighted by atomic mass is 35.5. The molecule has 1 heterocycles. The van der Waals surface area contributed by atoms with E-state index in [1.54, 1.807) is 36.4 Å². The first-order chi connectivity index (χ1) is 17.5. The fourth-order valence-electron chi connectivity index (χ4n) is 3.69. The Balaban J connectivity index is 1.74. The van der Waals surface area contributed by atoms with Crippen molar-refractivity contribution in [1.82, 2.24) is 10.5 Å². The molecule has 194 valence electrons. The third kappa shape index (κ3) is 6.09. The molecule has 3 aromatic carbocycles. The molecule has 1 aliphatic rings. The number of rotatable bonds is 5. The molecule has 0 spiro atoms. The van der Waals surface area contributed by atoms with Gasteiger partial charge in [0.25, 0.3) is 16.0 Å². The van der Waals surface area contributed by atoms with Crippen LogP contribution in [0.2, 0.25) is 5.02 Å². The van der Waals surface area contributed by atoms with Gasteiger partial charge in [0.1, 0.15) is 5.82 Å². The Bertz CT molecular complexity index is 1440. The molecule has 4 rings (SSSR count). The Kier molecular flexibility index (Phi) is 7.53. The Labute approximate surface area is 215 Å². The van der Waals surface area contributed by atoms with E-state index in [0.29, 0.717) is 34.0 Å². The summed E-state index contributed by atoms with van der Waals surface area (Å²) in [6.07, 6.45) is -4.62. The number of hydroxylamine groups is 1. The lowest BCUT2D eigenvalue weighted by atomic mass is 9.90. The van der Waals surface area contributed by atoms with Crippen molar-refractivity contribution in [3.8, 4) is 0 Å². The zero-order chi connectivity index (χ0) is 26.8. The zero-order valence-electron chi connectivity index (χ0n) is 19.1. The quantitative estimate of drug-likeness (QED) is 0.203. The lowest BCUT2D eigenvalue weighted by Crippen LogP contribution is -2.38. The molecule has 13 heteroatoms. The fourth-order valence-corrected chi connectivity index (χ4v) is 4.76. The molecule has 1 atom stereocenters. The van der Waals surface area contributed by atoms with E-state index in [1.165, 1.54) is 24.3 Å². The highest BCUT2D eigenvalue weighted by Crippen LogP contribution is 2.31. The van der Waals surface area contributed by atoms with Gasteiger partial charge in [-0.3, -0.25) is 4.84 Å². The van der Waals surface area contributed by atoms with Gasteiger partial charge in [-0.05, 0) is 59.7 Å². The molecule has 0 aromatic heterocycles. The third-order valence-corrected chi connectivity index (χ3v) is 6.96. The van der Waals surface area contributed by atoms with Gasteiger partial charge in [0.15, 0.2) is 0 Å². The van der Waals surface area contributed by atoms with E-state index in [9.17, 15) is 26.0 Å². The van der Waals surface area contributed by atoms with Gasteiger partial charge in [0.05, 0.1) is 29.8 Å². The molecular formula is C24H19ClF4N4O3S. The van der Waals surface area contributed by atoms with E-state index in [2.05, 4.69) is 15.0 Å². The van der Waals surface area contributed by atoms with E-state index in [1.807, 2.05) is 0 Å². The van der Waals surface area contributed by atoms with Crippen LogP contribution in [0.5, 0.6) is 0 Å². The van der Waals surface area contributed by atoms with Crippen molar-refractivity contribution in [2.75, 3.05) is 13.7 Å². The van der Waals surface area contributed by atoms with Crippen LogP contribution >= 0.6 is 11.6 Å². The average molecular weight is 555 g/mol. The van der Waals surface area contributed by atoms with E-state index in [4.69, 9.17) is 16.4 Å². The molecular weight excluding hydrogens is 536 g/mol. The van der Waals surface area contributed by atoms with E-state index in [0.717, 1.165) is 12.1 Å². The molecule has 0 radical (unpaired) electrons. The van der Waals surface area contributed by atoms with Crippen LogP contribution in [0.15, 0.2) is 87.2 Å². The van der Waals surface area contributed by atoms with Gasteiger partial charge in [0, 0.05) is 10.9 Å². The Morgan fingerprint density at radius 2 is 1.78 bits per heavy atom. The summed E-state index contributed by atoms with van der Waals surface area (Å²) in [6, 6.07) is 15.6. The van der Waals surface area contributed by atoms with Crippen molar-refractivity contribution in [3.05, 3.63) is 100 Å². The molecule has 0 bridgehead atoms. The Morgan fingerprint density at radius 3 is 2.38 bits per heavy atom. The molecule has 3 aromatic rings. The lowest BCUT2D eigenvalue weighted by molar-refractivity contribution is -0.137. The molecule has 0 aliphatic carbocycles. The molecule has 0 amide bonds. The number of hydrogen-bond donors (Lipinski definition) is 1. The van der Waals surface area contributed by atoms with Crippen molar-refractivity contribution in [1.29, 1.82) is 0 Å². The first-order valence-corrected chi connectivity index (χ1v) is 12.5. The number of halogens is 5. The number of alkyl halides is 3. The number of hydrazone groups is 1. The molecule has 0 saturated heterocycles. The largest absolute Gasteiger partial charge is 0.416 e. The number of nitrogens with zero attached hydrogens (tertiary/aromatic N) is 3. The van der Waals surface area contributed by atoms with E-state index in [-0.39, 0.29) is 12.5 Å². The standard InChI is InChI=1S/C24H19ClF4N4O3S/c1-36-31-23(32-37(34,35)20-11-7-17(8-12-20)24(27,28)29)33-14-21(16-3-2-4-19(26)13-16)22(30-33)15-5-9-18(25)10-6-15/h2-13,21H,14H2,1H3,(H,31,32). The predicted molar refractivity (Wildman–Crippen MR) is 130 cm³/mol. The summed E-state index contributed by atoms with van der Waals surface area (Å²) in [5.41, 5.74) is 3.09. The summed E-state index contributed by atoms with van der Waals surface area (Å²) in [7, 11) is -3.24. The van der Waals surface area contributed by atoms with Gasteiger partial charge in [0.2, 0.25) is 0 Å². The monoisotopic (exact) mass is 554 g/mol. The number of hydrogen-bond acceptors (Lipinski definition) is 4. The van der Waals surface area contributed by atoms with Gasteiger partial charge in [-0.1, -0.05) is 35.9 Å². The van der Waals surface area contributed by atoms with Crippen molar-refractivity contribution < 1.29 is 30.8 Å². The number of nitrogens with one attached hydrogen (secondary N) is 1. The molecule has 0 fully saturated rings. The SMILES string of the molecule is CONC(=NS(=O)(=O)c1ccc(C(F)(F)F)cc1)N1CC(c2cccc(F)c2)C(c2ccc(Cl)cc2)=N1. The van der Waals surface area contributed by atoms with E-state index >= 15 is 0 Å². The topological polar surface area (TPSA) is 83.4 Å². The second-order valence-corrected chi connectivity index (χ2v) is 9.94. The lowest BCUT2D eigenvalue weighted by Gasteiger charge is -2.18. The number of guanidine groups is 1. The van der Waals surface area contributed by atoms with Crippen LogP contribution in [-0.4, -0.2) is 38.8 Å². The first kappa shape index (κ1) is 26.6. The molecule has 7 nitrogen and oxygen atoms in total.